The van der Waals surface area contributed by atoms with Crippen LogP contribution in [-0.4, -0.2) is 52.8 Å². The Morgan fingerprint density at radius 3 is 2.68 bits per heavy atom. The first-order valence-corrected chi connectivity index (χ1v) is 10.3. The second-order valence-corrected chi connectivity index (χ2v) is 8.22. The van der Waals surface area contributed by atoms with Gasteiger partial charge in [-0.05, 0) is 30.5 Å². The van der Waals surface area contributed by atoms with Crippen molar-refractivity contribution in [1.29, 1.82) is 0 Å². The number of rotatable bonds is 4. The topological polar surface area (TPSA) is 39.3 Å². The molecule has 2 aliphatic rings. The van der Waals surface area contributed by atoms with Gasteiger partial charge in [0, 0.05) is 55.2 Å². The van der Waals surface area contributed by atoms with E-state index in [2.05, 4.69) is 69.4 Å². The smallest absolute Gasteiger partial charge is 0.131 e. The lowest BCUT2D eigenvalue weighted by Crippen LogP contribution is -2.57. The van der Waals surface area contributed by atoms with Crippen LogP contribution in [0.2, 0.25) is 0 Å². The lowest BCUT2D eigenvalue weighted by atomic mass is 9.87. The van der Waals surface area contributed by atoms with Crippen molar-refractivity contribution < 1.29 is 4.79 Å². The second kappa shape index (κ2) is 7.19. The molecule has 2 aliphatic heterocycles. The van der Waals surface area contributed by atoms with Crippen molar-refractivity contribution in [2.75, 3.05) is 26.2 Å². The van der Waals surface area contributed by atoms with Crippen LogP contribution in [0.4, 0.5) is 0 Å². The molecule has 1 aromatic heterocycles. The highest BCUT2D eigenvalue weighted by Gasteiger charge is 2.40. The molecule has 0 aliphatic carbocycles. The van der Waals surface area contributed by atoms with Crippen molar-refractivity contribution in [3.05, 3.63) is 71.4 Å². The number of hydrogen-bond donors (Lipinski definition) is 1. The van der Waals surface area contributed by atoms with Gasteiger partial charge in [-0.1, -0.05) is 48.5 Å². The van der Waals surface area contributed by atoms with E-state index in [1.165, 1.54) is 27.7 Å². The van der Waals surface area contributed by atoms with Crippen LogP contribution in [0, 0.1) is 0 Å². The zero-order chi connectivity index (χ0) is 19.1. The highest BCUT2D eigenvalue weighted by atomic mass is 16.1. The van der Waals surface area contributed by atoms with Crippen LogP contribution in [-0.2, 0) is 11.2 Å². The average molecular weight is 374 g/mol. The number of benzene rings is 2. The number of fused-ring (bicyclic) bond motifs is 4. The van der Waals surface area contributed by atoms with Crippen molar-refractivity contribution in [1.82, 2.24) is 14.8 Å². The molecule has 0 spiro atoms. The minimum atomic E-state index is 0.275. The summed E-state index contributed by atoms with van der Waals surface area (Å²) in [5.41, 5.74) is 5.43. The van der Waals surface area contributed by atoms with Gasteiger partial charge in [0.05, 0.1) is 6.04 Å². The molecule has 3 heterocycles. The maximum atomic E-state index is 11.4. The molecule has 1 N–H and O–H groups in total. The molecule has 2 aromatic carbocycles. The molecule has 0 saturated carbocycles. The molecule has 0 amide bonds. The molecule has 5 rings (SSSR count). The minimum Gasteiger partial charge on any atom is -0.357 e. The SMILES string of the molecule is CC(=O)CCN1CCN2[C@@H](Cc3c([nH]c4ccccc34)[C@@H]2c2ccccc2)C1. The fourth-order valence-electron chi connectivity index (χ4n) is 5.04. The number of carbonyl (C=O) groups excluding carboxylic acids is 1. The van der Waals surface area contributed by atoms with Crippen LogP contribution in [0.3, 0.4) is 0 Å². The quantitative estimate of drug-likeness (QED) is 0.757. The van der Waals surface area contributed by atoms with E-state index in [1.54, 1.807) is 6.92 Å². The first kappa shape index (κ1) is 17.7. The molecule has 4 nitrogen and oxygen atoms in total. The Balaban J connectivity index is 1.54. The predicted octanol–water partition coefficient (Wildman–Crippen LogP) is 3.78. The highest BCUT2D eigenvalue weighted by molar-refractivity contribution is 5.85. The summed E-state index contributed by atoms with van der Waals surface area (Å²) in [6, 6.07) is 20.3. The summed E-state index contributed by atoms with van der Waals surface area (Å²) in [5, 5.41) is 1.36. The molecule has 1 saturated heterocycles. The molecule has 3 aromatic rings. The summed E-state index contributed by atoms with van der Waals surface area (Å²) < 4.78 is 0. The van der Waals surface area contributed by atoms with E-state index in [1.807, 2.05) is 0 Å². The number of nitrogens with zero attached hydrogens (tertiary/aromatic N) is 2. The highest BCUT2D eigenvalue weighted by Crippen LogP contribution is 2.41. The van der Waals surface area contributed by atoms with E-state index in [0.29, 0.717) is 12.5 Å². The number of aromatic nitrogens is 1. The Morgan fingerprint density at radius 2 is 1.86 bits per heavy atom. The van der Waals surface area contributed by atoms with E-state index < -0.39 is 0 Å². The van der Waals surface area contributed by atoms with Crippen molar-refractivity contribution in [3.63, 3.8) is 0 Å². The van der Waals surface area contributed by atoms with Crippen LogP contribution in [0.1, 0.15) is 36.2 Å². The molecule has 0 radical (unpaired) electrons. The zero-order valence-corrected chi connectivity index (χ0v) is 16.4. The monoisotopic (exact) mass is 373 g/mol. The lowest BCUT2D eigenvalue weighted by molar-refractivity contribution is -0.117. The lowest BCUT2D eigenvalue weighted by Gasteiger charge is -2.48. The molecular formula is C24H27N3O. The third kappa shape index (κ3) is 3.07. The zero-order valence-electron chi connectivity index (χ0n) is 16.4. The van der Waals surface area contributed by atoms with Gasteiger partial charge in [0.15, 0.2) is 0 Å². The molecule has 28 heavy (non-hydrogen) atoms. The third-order valence-electron chi connectivity index (χ3n) is 6.40. The molecule has 1 fully saturated rings. The maximum Gasteiger partial charge on any atom is 0.131 e. The first-order valence-electron chi connectivity index (χ1n) is 10.3. The number of H-pyrrole nitrogens is 1. The van der Waals surface area contributed by atoms with Gasteiger partial charge in [0.2, 0.25) is 0 Å². The van der Waals surface area contributed by atoms with Crippen molar-refractivity contribution >= 4 is 16.7 Å². The Bertz CT molecular complexity index is 994. The first-order chi connectivity index (χ1) is 13.7. The number of Topliss-reactive ketones (excluding diaryl/α,β-unsaturated/α-hetero) is 1. The maximum absolute atomic E-state index is 11.4. The summed E-state index contributed by atoms with van der Waals surface area (Å²) in [7, 11) is 0. The number of piperazine rings is 1. The number of hydrogen-bond acceptors (Lipinski definition) is 3. The Kier molecular flexibility index (Phi) is 4.53. The Hall–Kier alpha value is -2.43. The number of para-hydroxylation sites is 1. The normalized spacial score (nSPS) is 22.8. The molecule has 0 unspecified atom stereocenters. The van der Waals surface area contributed by atoms with Crippen LogP contribution in [0.25, 0.3) is 10.9 Å². The van der Waals surface area contributed by atoms with E-state index in [4.69, 9.17) is 0 Å². The van der Waals surface area contributed by atoms with Gasteiger partial charge in [-0.25, -0.2) is 0 Å². The van der Waals surface area contributed by atoms with Crippen molar-refractivity contribution in [2.45, 2.75) is 31.8 Å². The van der Waals surface area contributed by atoms with Gasteiger partial charge in [0.1, 0.15) is 5.78 Å². The van der Waals surface area contributed by atoms with Crippen LogP contribution in [0.15, 0.2) is 54.6 Å². The van der Waals surface area contributed by atoms with Crippen molar-refractivity contribution in [3.8, 4) is 0 Å². The predicted molar refractivity (Wildman–Crippen MR) is 113 cm³/mol. The van der Waals surface area contributed by atoms with E-state index in [9.17, 15) is 4.79 Å². The number of aromatic amines is 1. The molecule has 4 heteroatoms. The van der Waals surface area contributed by atoms with Gasteiger partial charge in [-0.3, -0.25) is 9.69 Å². The van der Waals surface area contributed by atoms with Gasteiger partial charge < -0.3 is 9.88 Å². The molecule has 0 bridgehead atoms. The average Bonchev–Trinajstić information content (AvgIpc) is 3.09. The van der Waals surface area contributed by atoms with Crippen LogP contribution >= 0.6 is 0 Å². The van der Waals surface area contributed by atoms with Gasteiger partial charge in [-0.15, -0.1) is 0 Å². The minimum absolute atomic E-state index is 0.275. The molecule has 2 atom stereocenters. The summed E-state index contributed by atoms with van der Waals surface area (Å²) in [6.45, 7) is 5.69. The molecule has 144 valence electrons. The summed E-state index contributed by atoms with van der Waals surface area (Å²) in [5.74, 6) is 0.284. The number of ketones is 1. The summed E-state index contributed by atoms with van der Waals surface area (Å²) in [6.07, 6.45) is 1.73. The fourth-order valence-corrected chi connectivity index (χ4v) is 5.04. The van der Waals surface area contributed by atoms with Crippen molar-refractivity contribution in [2.24, 2.45) is 0 Å². The largest absolute Gasteiger partial charge is 0.357 e. The number of nitrogens with one attached hydrogen (secondary N) is 1. The Labute approximate surface area is 166 Å². The van der Waals surface area contributed by atoms with E-state index >= 15 is 0 Å². The summed E-state index contributed by atoms with van der Waals surface area (Å²) >= 11 is 0. The van der Waals surface area contributed by atoms with Crippen LogP contribution in [0.5, 0.6) is 0 Å². The molecular weight excluding hydrogens is 346 g/mol. The van der Waals surface area contributed by atoms with E-state index in [0.717, 1.165) is 32.6 Å². The number of carbonyl (C=O) groups is 1. The van der Waals surface area contributed by atoms with Gasteiger partial charge >= 0.3 is 0 Å². The standard InChI is InChI=1S/C24H27N3O/c1-17(28)11-12-26-13-14-27-19(16-26)15-21-20-9-5-6-10-22(20)25-23(21)24(27)18-7-3-2-4-8-18/h2-10,19,24-25H,11-16H2,1H3/t19-,24-/m0/s1. The van der Waals surface area contributed by atoms with E-state index in [-0.39, 0.29) is 11.8 Å². The Morgan fingerprint density at radius 1 is 1.07 bits per heavy atom. The second-order valence-electron chi connectivity index (χ2n) is 8.22. The fraction of sp³-hybridized carbons (Fsp3) is 0.375. The van der Waals surface area contributed by atoms with Gasteiger partial charge in [-0.2, -0.15) is 0 Å². The van der Waals surface area contributed by atoms with Crippen LogP contribution < -0.4 is 0 Å². The summed E-state index contributed by atoms with van der Waals surface area (Å²) in [4.78, 5) is 20.3. The van der Waals surface area contributed by atoms with Gasteiger partial charge in [0.25, 0.3) is 0 Å². The third-order valence-corrected chi connectivity index (χ3v) is 6.40.